The van der Waals surface area contributed by atoms with Crippen molar-refractivity contribution in [1.82, 2.24) is 5.32 Å². The first-order valence-electron chi connectivity index (χ1n) is 6.63. The van der Waals surface area contributed by atoms with Crippen molar-refractivity contribution < 1.29 is 9.90 Å². The van der Waals surface area contributed by atoms with Crippen molar-refractivity contribution in [1.29, 1.82) is 5.26 Å². The number of rotatable bonds is 5. The Morgan fingerprint density at radius 1 is 1.37 bits per heavy atom. The summed E-state index contributed by atoms with van der Waals surface area (Å²) in [7, 11) is 0. The van der Waals surface area contributed by atoms with Gasteiger partial charge in [-0.3, -0.25) is 4.79 Å². The van der Waals surface area contributed by atoms with Crippen molar-refractivity contribution >= 4 is 5.97 Å². The molecule has 1 aromatic carbocycles. The maximum atomic E-state index is 11.1. The van der Waals surface area contributed by atoms with Gasteiger partial charge in [-0.15, -0.1) is 0 Å². The summed E-state index contributed by atoms with van der Waals surface area (Å²) in [5.41, 5.74) is 1.77. The number of nitrogens with zero attached hydrogens (tertiary/aromatic N) is 1. The molecule has 2 unspecified atom stereocenters. The fourth-order valence-electron chi connectivity index (χ4n) is 2.71. The van der Waals surface area contributed by atoms with E-state index in [1.54, 1.807) is 12.1 Å². The summed E-state index contributed by atoms with van der Waals surface area (Å²) >= 11 is 0. The maximum absolute atomic E-state index is 11.1. The largest absolute Gasteiger partial charge is 0.481 e. The zero-order valence-electron chi connectivity index (χ0n) is 10.8. The lowest BCUT2D eigenvalue weighted by Crippen LogP contribution is -2.28. The van der Waals surface area contributed by atoms with Crippen LogP contribution in [0, 0.1) is 23.2 Å². The van der Waals surface area contributed by atoms with E-state index in [0.29, 0.717) is 12.1 Å². The second kappa shape index (κ2) is 6.35. The third-order valence-electron chi connectivity index (χ3n) is 3.79. The average Bonchev–Trinajstić information content (AvgIpc) is 2.88. The van der Waals surface area contributed by atoms with Gasteiger partial charge in [0.25, 0.3) is 0 Å². The van der Waals surface area contributed by atoms with Gasteiger partial charge in [0.15, 0.2) is 0 Å². The Labute approximate surface area is 113 Å². The molecule has 0 radical (unpaired) electrons. The van der Waals surface area contributed by atoms with E-state index in [0.717, 1.165) is 31.4 Å². The quantitative estimate of drug-likeness (QED) is 0.848. The van der Waals surface area contributed by atoms with Crippen LogP contribution in [0.15, 0.2) is 24.3 Å². The number of hydrogen-bond acceptors (Lipinski definition) is 3. The SMILES string of the molecule is N#Cc1ccc(CNCC2CCCC2C(=O)O)cc1. The van der Waals surface area contributed by atoms with Gasteiger partial charge >= 0.3 is 5.97 Å². The molecule has 2 atom stereocenters. The number of nitrogens with one attached hydrogen (secondary N) is 1. The number of nitriles is 1. The Hall–Kier alpha value is -1.86. The second-order valence-corrected chi connectivity index (χ2v) is 5.08. The van der Waals surface area contributed by atoms with Gasteiger partial charge in [-0.25, -0.2) is 0 Å². The summed E-state index contributed by atoms with van der Waals surface area (Å²) in [5, 5.41) is 21.1. The van der Waals surface area contributed by atoms with E-state index >= 15 is 0 Å². The minimum atomic E-state index is -0.664. The molecule has 1 aliphatic carbocycles. The van der Waals surface area contributed by atoms with Crippen molar-refractivity contribution in [2.45, 2.75) is 25.8 Å². The molecule has 2 N–H and O–H groups in total. The van der Waals surface area contributed by atoms with Gasteiger partial charge in [0.1, 0.15) is 0 Å². The van der Waals surface area contributed by atoms with E-state index in [2.05, 4.69) is 11.4 Å². The zero-order valence-corrected chi connectivity index (χ0v) is 10.8. The molecule has 4 nitrogen and oxygen atoms in total. The fraction of sp³-hybridized carbons (Fsp3) is 0.467. The smallest absolute Gasteiger partial charge is 0.306 e. The lowest BCUT2D eigenvalue weighted by molar-refractivity contribution is -0.142. The third-order valence-corrected chi connectivity index (χ3v) is 3.79. The molecular weight excluding hydrogens is 240 g/mol. The number of carbonyl (C=O) groups is 1. The fourth-order valence-corrected chi connectivity index (χ4v) is 2.71. The normalized spacial score (nSPS) is 22.1. The summed E-state index contributed by atoms with van der Waals surface area (Å²) in [5.74, 6) is -0.605. The Morgan fingerprint density at radius 3 is 2.74 bits per heavy atom. The Kier molecular flexibility index (Phi) is 4.53. The van der Waals surface area contributed by atoms with Crippen LogP contribution in [0.1, 0.15) is 30.4 Å². The standard InChI is InChI=1S/C15H18N2O2/c16-8-11-4-6-12(7-5-11)9-17-10-13-2-1-3-14(13)15(18)19/h4-7,13-14,17H,1-3,9-10H2,(H,18,19). The molecule has 100 valence electrons. The predicted molar refractivity (Wildman–Crippen MR) is 71.3 cm³/mol. The summed E-state index contributed by atoms with van der Waals surface area (Å²) in [4.78, 5) is 11.1. The van der Waals surface area contributed by atoms with Crippen molar-refractivity contribution in [3.8, 4) is 6.07 Å². The first kappa shape index (κ1) is 13.6. The molecule has 2 rings (SSSR count). The second-order valence-electron chi connectivity index (χ2n) is 5.08. The molecular formula is C15H18N2O2. The summed E-state index contributed by atoms with van der Waals surface area (Å²) in [6.45, 7) is 1.46. The summed E-state index contributed by atoms with van der Waals surface area (Å²) in [6, 6.07) is 9.54. The minimum absolute atomic E-state index is 0.187. The van der Waals surface area contributed by atoms with Gasteiger partial charge in [0.05, 0.1) is 17.6 Å². The lowest BCUT2D eigenvalue weighted by atomic mass is 9.96. The molecule has 1 aromatic rings. The van der Waals surface area contributed by atoms with Crippen LogP contribution in [0.5, 0.6) is 0 Å². The molecule has 0 amide bonds. The number of carboxylic acids is 1. The van der Waals surface area contributed by atoms with Crippen molar-refractivity contribution in [2.24, 2.45) is 11.8 Å². The highest BCUT2D eigenvalue weighted by Gasteiger charge is 2.32. The van der Waals surface area contributed by atoms with Crippen LogP contribution < -0.4 is 5.32 Å². The molecule has 19 heavy (non-hydrogen) atoms. The van der Waals surface area contributed by atoms with E-state index < -0.39 is 5.97 Å². The van der Waals surface area contributed by atoms with Crippen LogP contribution in [-0.4, -0.2) is 17.6 Å². The average molecular weight is 258 g/mol. The highest BCUT2D eigenvalue weighted by Crippen LogP contribution is 2.31. The van der Waals surface area contributed by atoms with E-state index in [4.69, 9.17) is 10.4 Å². The van der Waals surface area contributed by atoms with Crippen LogP contribution in [0.4, 0.5) is 0 Å². The first-order valence-corrected chi connectivity index (χ1v) is 6.63. The van der Waals surface area contributed by atoms with Gasteiger partial charge in [-0.1, -0.05) is 18.6 Å². The van der Waals surface area contributed by atoms with Gasteiger partial charge in [-0.2, -0.15) is 5.26 Å². The molecule has 4 heteroatoms. The Morgan fingerprint density at radius 2 is 2.11 bits per heavy atom. The molecule has 0 aliphatic heterocycles. The van der Waals surface area contributed by atoms with Gasteiger partial charge in [-0.05, 0) is 43.0 Å². The Balaban J connectivity index is 1.80. The maximum Gasteiger partial charge on any atom is 0.306 e. The molecule has 1 saturated carbocycles. The van der Waals surface area contributed by atoms with Gasteiger partial charge in [0, 0.05) is 6.54 Å². The predicted octanol–water partition coefficient (Wildman–Crippen LogP) is 2.15. The van der Waals surface area contributed by atoms with Crippen LogP contribution in [0.2, 0.25) is 0 Å². The minimum Gasteiger partial charge on any atom is -0.481 e. The highest BCUT2D eigenvalue weighted by molar-refractivity contribution is 5.70. The highest BCUT2D eigenvalue weighted by atomic mass is 16.4. The third kappa shape index (κ3) is 3.55. The topological polar surface area (TPSA) is 73.1 Å². The first-order chi connectivity index (χ1) is 9.20. The van der Waals surface area contributed by atoms with E-state index in [9.17, 15) is 4.79 Å². The van der Waals surface area contributed by atoms with Crippen LogP contribution in [0.3, 0.4) is 0 Å². The molecule has 1 aliphatic rings. The van der Waals surface area contributed by atoms with Gasteiger partial charge in [0.2, 0.25) is 0 Å². The zero-order chi connectivity index (χ0) is 13.7. The molecule has 0 spiro atoms. The molecule has 0 bridgehead atoms. The monoisotopic (exact) mass is 258 g/mol. The molecule has 0 saturated heterocycles. The van der Waals surface area contributed by atoms with Crippen molar-refractivity contribution in [2.75, 3.05) is 6.54 Å². The van der Waals surface area contributed by atoms with Crippen LogP contribution in [0.25, 0.3) is 0 Å². The van der Waals surface area contributed by atoms with Crippen LogP contribution >= 0.6 is 0 Å². The molecule has 1 fully saturated rings. The van der Waals surface area contributed by atoms with E-state index in [1.807, 2.05) is 12.1 Å². The van der Waals surface area contributed by atoms with Crippen molar-refractivity contribution in [3.05, 3.63) is 35.4 Å². The molecule has 0 heterocycles. The van der Waals surface area contributed by atoms with Gasteiger partial charge < -0.3 is 10.4 Å². The number of aliphatic carboxylic acids is 1. The van der Waals surface area contributed by atoms with Crippen LogP contribution in [-0.2, 0) is 11.3 Å². The summed E-state index contributed by atoms with van der Waals surface area (Å²) in [6.07, 6.45) is 2.82. The summed E-state index contributed by atoms with van der Waals surface area (Å²) < 4.78 is 0. The van der Waals surface area contributed by atoms with E-state index in [-0.39, 0.29) is 11.8 Å². The number of carboxylic acid groups (broad SMARTS) is 1. The van der Waals surface area contributed by atoms with E-state index in [1.165, 1.54) is 0 Å². The lowest BCUT2D eigenvalue weighted by Gasteiger charge is -2.16. The molecule has 0 aromatic heterocycles. The number of hydrogen-bond donors (Lipinski definition) is 2. The van der Waals surface area contributed by atoms with Crippen molar-refractivity contribution in [3.63, 3.8) is 0 Å². The number of benzene rings is 1. The Bertz CT molecular complexity index is 476.